The summed E-state index contributed by atoms with van der Waals surface area (Å²) in [7, 11) is 0. The highest BCUT2D eigenvalue weighted by Gasteiger charge is 2.23. The van der Waals surface area contributed by atoms with E-state index in [0.29, 0.717) is 0 Å². The van der Waals surface area contributed by atoms with Crippen molar-refractivity contribution in [1.29, 1.82) is 0 Å². The van der Waals surface area contributed by atoms with E-state index in [1.54, 1.807) is 0 Å². The highest BCUT2D eigenvalue weighted by atomic mass is 16.3. The molecule has 2 aromatic heterocycles. The predicted molar refractivity (Wildman–Crippen MR) is 138 cm³/mol. The zero-order valence-corrected chi connectivity index (χ0v) is 18.1. The first-order valence-corrected chi connectivity index (χ1v) is 11.4. The van der Waals surface area contributed by atoms with Gasteiger partial charge in [-0.05, 0) is 54.8 Å². The van der Waals surface area contributed by atoms with Gasteiger partial charge in [0.15, 0.2) is 0 Å². The van der Waals surface area contributed by atoms with Gasteiger partial charge < -0.3 is 14.7 Å². The van der Waals surface area contributed by atoms with E-state index < -0.39 is 0 Å². The second kappa shape index (κ2) is 6.88. The molecule has 0 radical (unpaired) electrons. The topological polar surface area (TPSA) is 44.1 Å². The fourth-order valence-electron chi connectivity index (χ4n) is 5.46. The summed E-state index contributed by atoms with van der Waals surface area (Å²) >= 11 is 0. The summed E-state index contributed by atoms with van der Waals surface area (Å²) in [5.41, 5.74) is 15.5. The van der Waals surface area contributed by atoms with Crippen molar-refractivity contribution in [2.75, 3.05) is 5.73 Å². The lowest BCUT2D eigenvalue weighted by molar-refractivity contribution is 0.596. The maximum absolute atomic E-state index is 6.66. The average Bonchev–Trinajstić information content (AvgIpc) is 3.39. The molecule has 6 aromatic rings. The largest absolute Gasteiger partial charge is 0.456 e. The quantitative estimate of drug-likeness (QED) is 0.290. The summed E-state index contributed by atoms with van der Waals surface area (Å²) in [6, 6.07) is 31.7. The number of rotatable bonds is 2. The van der Waals surface area contributed by atoms with Gasteiger partial charge in [-0.15, -0.1) is 0 Å². The number of nitrogens with two attached hydrogens (primary N) is 1. The van der Waals surface area contributed by atoms with Crippen molar-refractivity contribution in [2.45, 2.75) is 12.8 Å². The number of nitrogen functional groups attached to an aromatic ring is 1. The Hall–Kier alpha value is -4.24. The molecule has 0 spiro atoms. The highest BCUT2D eigenvalue weighted by molar-refractivity contribution is 6.10. The lowest BCUT2D eigenvalue weighted by Gasteiger charge is -2.20. The number of allylic oxidation sites excluding steroid dienone is 1. The van der Waals surface area contributed by atoms with E-state index in [-0.39, 0.29) is 0 Å². The fraction of sp³-hybridized carbons (Fsp3) is 0.0667. The van der Waals surface area contributed by atoms with Gasteiger partial charge in [0.25, 0.3) is 0 Å². The molecule has 2 N–H and O–H groups in total. The minimum atomic E-state index is 0.792. The first-order chi connectivity index (χ1) is 16.3. The van der Waals surface area contributed by atoms with Crippen LogP contribution in [-0.4, -0.2) is 4.57 Å². The summed E-state index contributed by atoms with van der Waals surface area (Å²) in [5.74, 6) is 0.953. The van der Waals surface area contributed by atoms with Gasteiger partial charge >= 0.3 is 0 Å². The molecule has 0 atom stereocenters. The Balaban J connectivity index is 1.51. The van der Waals surface area contributed by atoms with Crippen LogP contribution in [0.4, 0.5) is 5.69 Å². The van der Waals surface area contributed by atoms with Crippen molar-refractivity contribution >= 4 is 50.1 Å². The zero-order valence-electron chi connectivity index (χ0n) is 18.1. The molecular weight excluding hydrogens is 404 g/mol. The molecule has 1 aliphatic carbocycles. The molecule has 3 nitrogen and oxygen atoms in total. The van der Waals surface area contributed by atoms with Crippen LogP contribution in [0.5, 0.6) is 0 Å². The Morgan fingerprint density at radius 3 is 2.09 bits per heavy atom. The molecule has 1 aliphatic rings. The van der Waals surface area contributed by atoms with E-state index in [1.807, 2.05) is 24.3 Å². The molecule has 0 aliphatic heterocycles. The van der Waals surface area contributed by atoms with Crippen LogP contribution in [0.25, 0.3) is 50.1 Å². The molecule has 0 saturated carbocycles. The number of furan rings is 1. The van der Waals surface area contributed by atoms with Crippen molar-refractivity contribution in [2.24, 2.45) is 0 Å². The number of para-hydroxylation sites is 3. The number of benzene rings is 4. The molecule has 0 unspecified atom stereocenters. The molecule has 158 valence electrons. The van der Waals surface area contributed by atoms with Crippen LogP contribution in [0.1, 0.15) is 23.3 Å². The number of anilines is 1. The predicted octanol–water partition coefficient (Wildman–Crippen LogP) is 7.60. The Morgan fingerprint density at radius 2 is 1.33 bits per heavy atom. The van der Waals surface area contributed by atoms with Crippen LogP contribution in [0.3, 0.4) is 0 Å². The van der Waals surface area contributed by atoms with Crippen molar-refractivity contribution in [3.63, 3.8) is 0 Å². The standard InChI is InChI=1S/C30H22N2O/c31-24-11-7-14-27(32-25-12-4-1-8-20(25)21-9-2-5-13-26(21)32)30(24)19-16-17-23-22-10-3-6-15-28(22)33-29(23)18-19/h1-15,18H,16-17,31H2. The normalized spacial score (nSPS) is 13.5. The molecule has 33 heavy (non-hydrogen) atoms. The third-order valence-corrected chi connectivity index (χ3v) is 6.90. The van der Waals surface area contributed by atoms with E-state index in [9.17, 15) is 0 Å². The van der Waals surface area contributed by atoms with E-state index in [4.69, 9.17) is 10.2 Å². The second-order valence-electron chi connectivity index (χ2n) is 8.72. The van der Waals surface area contributed by atoms with Crippen LogP contribution < -0.4 is 5.73 Å². The minimum absolute atomic E-state index is 0.792. The van der Waals surface area contributed by atoms with Crippen molar-refractivity contribution in [1.82, 2.24) is 4.57 Å². The molecule has 0 fully saturated rings. The van der Waals surface area contributed by atoms with E-state index in [2.05, 4.69) is 77.4 Å². The minimum Gasteiger partial charge on any atom is -0.456 e. The van der Waals surface area contributed by atoms with Gasteiger partial charge in [0.1, 0.15) is 11.3 Å². The van der Waals surface area contributed by atoms with E-state index in [1.165, 1.54) is 38.3 Å². The summed E-state index contributed by atoms with van der Waals surface area (Å²) in [4.78, 5) is 0. The van der Waals surface area contributed by atoms with Gasteiger partial charge in [0, 0.05) is 33.0 Å². The van der Waals surface area contributed by atoms with Gasteiger partial charge in [0.2, 0.25) is 0 Å². The zero-order chi connectivity index (χ0) is 21.9. The van der Waals surface area contributed by atoms with E-state index in [0.717, 1.165) is 41.1 Å². The number of fused-ring (bicyclic) bond motifs is 6. The third-order valence-electron chi connectivity index (χ3n) is 6.90. The Kier molecular flexibility index (Phi) is 3.82. The van der Waals surface area contributed by atoms with Crippen molar-refractivity contribution in [3.05, 3.63) is 108 Å². The smallest absolute Gasteiger partial charge is 0.135 e. The molecular formula is C30H22N2O. The Bertz CT molecular complexity index is 1680. The summed E-state index contributed by atoms with van der Waals surface area (Å²) in [6.45, 7) is 0. The monoisotopic (exact) mass is 426 g/mol. The number of aryl methyl sites for hydroxylation is 1. The molecule has 0 bridgehead atoms. The van der Waals surface area contributed by atoms with Gasteiger partial charge in [0.05, 0.1) is 16.7 Å². The summed E-state index contributed by atoms with van der Waals surface area (Å²) in [5, 5.41) is 3.71. The number of aromatic nitrogens is 1. The average molecular weight is 427 g/mol. The van der Waals surface area contributed by atoms with Crippen LogP contribution in [0, 0.1) is 0 Å². The van der Waals surface area contributed by atoms with Crippen LogP contribution in [-0.2, 0) is 6.42 Å². The van der Waals surface area contributed by atoms with Crippen LogP contribution in [0.15, 0.2) is 95.4 Å². The van der Waals surface area contributed by atoms with Gasteiger partial charge in [-0.3, -0.25) is 0 Å². The Labute approximate surface area is 191 Å². The second-order valence-corrected chi connectivity index (χ2v) is 8.72. The molecule has 2 heterocycles. The summed E-state index contributed by atoms with van der Waals surface area (Å²) in [6.07, 6.45) is 4.07. The fourth-order valence-corrected chi connectivity index (χ4v) is 5.46. The Morgan fingerprint density at radius 1 is 0.667 bits per heavy atom. The number of nitrogens with zero attached hydrogens (tertiary/aromatic N) is 1. The summed E-state index contributed by atoms with van der Waals surface area (Å²) < 4.78 is 8.58. The lowest BCUT2D eigenvalue weighted by Crippen LogP contribution is -2.06. The maximum Gasteiger partial charge on any atom is 0.135 e. The maximum atomic E-state index is 6.66. The first-order valence-electron chi connectivity index (χ1n) is 11.4. The molecule has 0 saturated heterocycles. The SMILES string of the molecule is Nc1cccc(-n2c3ccccc3c3ccccc32)c1C1=Cc2oc3ccccc3c2CC1. The number of hydrogen-bond acceptors (Lipinski definition) is 2. The molecule has 4 aromatic carbocycles. The molecule has 3 heteroatoms. The molecule has 7 rings (SSSR count). The number of hydrogen-bond donors (Lipinski definition) is 1. The van der Waals surface area contributed by atoms with Gasteiger partial charge in [-0.2, -0.15) is 0 Å². The van der Waals surface area contributed by atoms with E-state index >= 15 is 0 Å². The van der Waals surface area contributed by atoms with Gasteiger partial charge in [-0.25, -0.2) is 0 Å². The van der Waals surface area contributed by atoms with Crippen LogP contribution in [0.2, 0.25) is 0 Å². The lowest BCUT2D eigenvalue weighted by atomic mass is 9.89. The van der Waals surface area contributed by atoms with Gasteiger partial charge in [-0.1, -0.05) is 60.7 Å². The highest BCUT2D eigenvalue weighted by Crippen LogP contribution is 2.42. The molecule has 0 amide bonds. The third kappa shape index (κ3) is 2.63. The van der Waals surface area contributed by atoms with Crippen molar-refractivity contribution < 1.29 is 4.42 Å². The van der Waals surface area contributed by atoms with Crippen molar-refractivity contribution in [3.8, 4) is 5.69 Å². The van der Waals surface area contributed by atoms with Crippen LogP contribution >= 0.6 is 0 Å². The first kappa shape index (κ1) is 18.3.